The first-order valence-corrected chi connectivity index (χ1v) is 8.63. The molecule has 1 atom stereocenters. The zero-order valence-electron chi connectivity index (χ0n) is 15.2. The molecule has 0 heterocycles. The third kappa shape index (κ3) is 2.57. The molecule has 0 bridgehead atoms. The van der Waals surface area contributed by atoms with Gasteiger partial charge in [0.15, 0.2) is 0 Å². The van der Waals surface area contributed by atoms with Crippen molar-refractivity contribution in [1.82, 2.24) is 0 Å². The molecule has 3 heteroatoms. The number of benzene rings is 2. The van der Waals surface area contributed by atoms with Crippen molar-refractivity contribution in [1.29, 1.82) is 0 Å². The van der Waals surface area contributed by atoms with E-state index in [9.17, 15) is 5.11 Å². The fourth-order valence-corrected chi connectivity index (χ4v) is 3.89. The topological polar surface area (TPSA) is 38.7 Å². The van der Waals surface area contributed by atoms with E-state index in [1.165, 1.54) is 33.4 Å². The van der Waals surface area contributed by atoms with Crippen LogP contribution in [-0.2, 0) is 17.6 Å². The number of hydrogen-bond acceptors (Lipinski definition) is 3. The summed E-state index contributed by atoms with van der Waals surface area (Å²) in [6.45, 7) is 8.92. The van der Waals surface area contributed by atoms with E-state index in [1.807, 2.05) is 19.9 Å². The van der Waals surface area contributed by atoms with Crippen LogP contribution in [0.15, 0.2) is 18.2 Å². The molecule has 1 aliphatic carbocycles. The van der Waals surface area contributed by atoms with Crippen molar-refractivity contribution in [2.45, 2.75) is 46.6 Å². The smallest absolute Gasteiger partial charge is 0.122 e. The summed E-state index contributed by atoms with van der Waals surface area (Å²) < 4.78 is 11.5. The van der Waals surface area contributed by atoms with Gasteiger partial charge < -0.3 is 14.6 Å². The molecular formula is C21H26O3. The van der Waals surface area contributed by atoms with E-state index >= 15 is 0 Å². The first kappa shape index (κ1) is 16.8. The van der Waals surface area contributed by atoms with Crippen molar-refractivity contribution < 1.29 is 14.6 Å². The standard InChI is InChI=1S/C21H26O3/c1-6-24-14(4)18-11-20(23-5)13(3)16-8-7-15-12(2)19(22)10-9-17(15)21(16)18/h9-11,14,22H,6-8H2,1-5H3/t14-/m1/s1. The van der Waals surface area contributed by atoms with Gasteiger partial charge in [0.05, 0.1) is 13.2 Å². The molecule has 1 N–H and O–H groups in total. The minimum absolute atomic E-state index is 0.00157. The Hall–Kier alpha value is -2.00. The zero-order valence-corrected chi connectivity index (χ0v) is 15.2. The first-order valence-electron chi connectivity index (χ1n) is 8.63. The van der Waals surface area contributed by atoms with Crippen molar-refractivity contribution in [2.24, 2.45) is 0 Å². The Morgan fingerprint density at radius 2 is 1.83 bits per heavy atom. The summed E-state index contributed by atoms with van der Waals surface area (Å²) >= 11 is 0. The highest BCUT2D eigenvalue weighted by Crippen LogP contribution is 2.45. The maximum Gasteiger partial charge on any atom is 0.122 e. The fraction of sp³-hybridized carbons (Fsp3) is 0.429. The molecular weight excluding hydrogens is 300 g/mol. The average molecular weight is 326 g/mol. The minimum atomic E-state index is -0.00157. The first-order chi connectivity index (χ1) is 11.5. The van der Waals surface area contributed by atoms with Crippen LogP contribution in [-0.4, -0.2) is 18.8 Å². The van der Waals surface area contributed by atoms with Crippen LogP contribution in [0.4, 0.5) is 0 Å². The van der Waals surface area contributed by atoms with Gasteiger partial charge in [0, 0.05) is 6.61 Å². The van der Waals surface area contributed by atoms with Crippen molar-refractivity contribution in [3.63, 3.8) is 0 Å². The van der Waals surface area contributed by atoms with E-state index in [-0.39, 0.29) is 6.10 Å². The van der Waals surface area contributed by atoms with E-state index in [0.29, 0.717) is 12.4 Å². The Kier molecular flexibility index (Phi) is 4.55. The van der Waals surface area contributed by atoms with Crippen molar-refractivity contribution in [2.75, 3.05) is 13.7 Å². The van der Waals surface area contributed by atoms with Gasteiger partial charge >= 0.3 is 0 Å². The fourth-order valence-electron chi connectivity index (χ4n) is 3.89. The molecule has 0 saturated heterocycles. The number of fused-ring (bicyclic) bond motifs is 3. The summed E-state index contributed by atoms with van der Waals surface area (Å²) in [4.78, 5) is 0. The molecule has 3 nitrogen and oxygen atoms in total. The van der Waals surface area contributed by atoms with Crippen LogP contribution in [0, 0.1) is 13.8 Å². The molecule has 0 saturated carbocycles. The second-order valence-electron chi connectivity index (χ2n) is 6.48. The third-order valence-electron chi connectivity index (χ3n) is 5.24. The van der Waals surface area contributed by atoms with Gasteiger partial charge in [0.25, 0.3) is 0 Å². The van der Waals surface area contributed by atoms with Gasteiger partial charge in [-0.3, -0.25) is 0 Å². The third-order valence-corrected chi connectivity index (χ3v) is 5.24. The molecule has 0 aliphatic heterocycles. The van der Waals surface area contributed by atoms with Gasteiger partial charge in [-0.2, -0.15) is 0 Å². The Morgan fingerprint density at radius 3 is 2.50 bits per heavy atom. The van der Waals surface area contributed by atoms with Gasteiger partial charge in [-0.15, -0.1) is 0 Å². The number of rotatable bonds is 4. The Balaban J connectivity index is 2.31. The largest absolute Gasteiger partial charge is 0.508 e. The number of phenolic OH excluding ortho intramolecular Hbond substituents is 1. The number of phenols is 1. The van der Waals surface area contributed by atoms with Crippen LogP contribution in [0.1, 0.15) is 47.8 Å². The molecule has 3 rings (SSSR count). The number of methoxy groups -OCH3 is 1. The second kappa shape index (κ2) is 6.48. The molecule has 0 amide bonds. The van der Waals surface area contributed by atoms with Gasteiger partial charge in [-0.05, 0) is 91.6 Å². The number of ether oxygens (including phenoxy) is 2. The Morgan fingerprint density at radius 1 is 1.12 bits per heavy atom. The van der Waals surface area contributed by atoms with Crippen LogP contribution in [0.25, 0.3) is 11.1 Å². The van der Waals surface area contributed by atoms with Crippen LogP contribution in [0.2, 0.25) is 0 Å². The van der Waals surface area contributed by atoms with Gasteiger partial charge in [-0.25, -0.2) is 0 Å². The lowest BCUT2D eigenvalue weighted by Crippen LogP contribution is -2.13. The molecule has 0 radical (unpaired) electrons. The number of hydrogen-bond donors (Lipinski definition) is 1. The summed E-state index contributed by atoms with van der Waals surface area (Å²) in [5.74, 6) is 1.30. The monoisotopic (exact) mass is 326 g/mol. The molecule has 0 spiro atoms. The summed E-state index contributed by atoms with van der Waals surface area (Å²) in [7, 11) is 1.73. The lowest BCUT2D eigenvalue weighted by atomic mass is 9.78. The quantitative estimate of drug-likeness (QED) is 0.870. The van der Waals surface area contributed by atoms with Gasteiger partial charge in [-0.1, -0.05) is 6.07 Å². The minimum Gasteiger partial charge on any atom is -0.508 e. The van der Waals surface area contributed by atoms with E-state index in [2.05, 4.69) is 19.9 Å². The van der Waals surface area contributed by atoms with Crippen LogP contribution in [0.3, 0.4) is 0 Å². The van der Waals surface area contributed by atoms with Crippen molar-refractivity contribution in [3.8, 4) is 22.6 Å². The summed E-state index contributed by atoms with van der Waals surface area (Å²) in [6.07, 6.45) is 1.90. The Labute approximate surface area is 144 Å². The molecule has 2 aromatic rings. The lowest BCUT2D eigenvalue weighted by Gasteiger charge is -2.29. The molecule has 24 heavy (non-hydrogen) atoms. The highest BCUT2D eigenvalue weighted by atomic mass is 16.5. The van der Waals surface area contributed by atoms with E-state index in [0.717, 1.165) is 24.2 Å². The van der Waals surface area contributed by atoms with Crippen LogP contribution < -0.4 is 4.74 Å². The Bertz CT molecular complexity index is 777. The lowest BCUT2D eigenvalue weighted by molar-refractivity contribution is 0.0765. The van der Waals surface area contributed by atoms with Crippen molar-refractivity contribution >= 4 is 0 Å². The normalized spacial score (nSPS) is 14.0. The summed E-state index contributed by atoms with van der Waals surface area (Å²) in [6, 6.07) is 5.97. The van der Waals surface area contributed by atoms with Crippen molar-refractivity contribution in [3.05, 3.63) is 46.0 Å². The molecule has 0 aromatic heterocycles. The highest BCUT2D eigenvalue weighted by molar-refractivity contribution is 5.80. The molecule has 1 aliphatic rings. The maximum atomic E-state index is 10.1. The van der Waals surface area contributed by atoms with E-state index < -0.39 is 0 Å². The molecule has 0 fully saturated rings. The van der Waals surface area contributed by atoms with Gasteiger partial charge in [0.2, 0.25) is 0 Å². The van der Waals surface area contributed by atoms with Gasteiger partial charge in [0.1, 0.15) is 11.5 Å². The second-order valence-corrected chi connectivity index (χ2v) is 6.48. The predicted octanol–water partition coefficient (Wildman–Crippen LogP) is 4.88. The zero-order chi connectivity index (χ0) is 17.4. The average Bonchev–Trinajstić information content (AvgIpc) is 2.58. The molecule has 2 aromatic carbocycles. The SMILES string of the molecule is CCO[C@H](C)c1cc(OC)c(C)c2c1-c1ccc(O)c(C)c1CC2. The van der Waals surface area contributed by atoms with Crippen LogP contribution in [0.5, 0.6) is 11.5 Å². The number of aromatic hydroxyl groups is 1. The van der Waals surface area contributed by atoms with E-state index in [1.54, 1.807) is 13.2 Å². The summed E-state index contributed by atoms with van der Waals surface area (Å²) in [5, 5.41) is 10.1. The maximum absolute atomic E-state index is 10.1. The highest BCUT2D eigenvalue weighted by Gasteiger charge is 2.27. The predicted molar refractivity (Wildman–Crippen MR) is 97.0 cm³/mol. The van der Waals surface area contributed by atoms with Crippen LogP contribution >= 0.6 is 0 Å². The molecule has 128 valence electrons. The molecule has 0 unspecified atom stereocenters. The summed E-state index contributed by atoms with van der Waals surface area (Å²) in [5.41, 5.74) is 8.43. The van der Waals surface area contributed by atoms with E-state index in [4.69, 9.17) is 9.47 Å².